The van der Waals surface area contributed by atoms with E-state index in [2.05, 4.69) is 0 Å². The highest BCUT2D eigenvalue weighted by Gasteiger charge is 2.43. The predicted molar refractivity (Wildman–Crippen MR) is 110 cm³/mol. The van der Waals surface area contributed by atoms with E-state index >= 15 is 0 Å². The van der Waals surface area contributed by atoms with Crippen LogP contribution in [0.15, 0.2) is 12.1 Å². The maximum absolute atomic E-state index is 13.0. The quantitative estimate of drug-likeness (QED) is 0.395. The highest BCUT2D eigenvalue weighted by Crippen LogP contribution is 2.37. The Bertz CT molecular complexity index is 928. The normalized spacial score (nSPS) is 17.8. The lowest BCUT2D eigenvalue weighted by atomic mass is 9.98. The van der Waals surface area contributed by atoms with Gasteiger partial charge in [0.05, 0.1) is 27.6 Å². The minimum atomic E-state index is -0.635. The molecule has 2 aliphatic rings. The average molecular weight is 433 g/mol. The van der Waals surface area contributed by atoms with Crippen LogP contribution in [0.25, 0.3) is 0 Å². The summed E-state index contributed by atoms with van der Waals surface area (Å²) in [5.41, 5.74) is -0.870. The van der Waals surface area contributed by atoms with Crippen LogP contribution in [-0.4, -0.2) is 57.9 Å². The number of benzene rings is 1. The molecule has 0 atom stereocenters. The van der Waals surface area contributed by atoms with Gasteiger partial charge in [0, 0.05) is 31.3 Å². The number of nitro benzene ring substituents is 1. The number of imide groups is 1. The maximum Gasteiger partial charge on any atom is 0.330 e. The molecule has 1 saturated heterocycles. The number of carbonyl (C=O) groups is 3. The molecule has 0 N–H and O–H groups in total. The molecule has 1 aromatic carbocycles. The van der Waals surface area contributed by atoms with E-state index in [0.717, 1.165) is 11.0 Å². The van der Waals surface area contributed by atoms with Crippen molar-refractivity contribution in [3.8, 4) is 5.75 Å². The minimum absolute atomic E-state index is 0.00870. The SMILES string of the molecule is CC(C)Oc1cc2c(cc1[N+](=O)[O-])C(=O)N(C1CCN(OC(=O)C(C)(C)C)CC1)C2=O. The van der Waals surface area contributed by atoms with E-state index in [1.165, 1.54) is 6.07 Å². The Morgan fingerprint density at radius 2 is 1.68 bits per heavy atom. The summed E-state index contributed by atoms with van der Waals surface area (Å²) in [6.45, 7) is 9.47. The van der Waals surface area contributed by atoms with Crippen molar-refractivity contribution in [2.75, 3.05) is 13.1 Å². The molecule has 2 heterocycles. The molecule has 0 aromatic heterocycles. The van der Waals surface area contributed by atoms with Crippen molar-refractivity contribution in [2.24, 2.45) is 5.41 Å². The Hall–Kier alpha value is -3.01. The molecule has 0 aliphatic carbocycles. The first kappa shape index (κ1) is 22.7. The summed E-state index contributed by atoms with van der Waals surface area (Å²) in [6.07, 6.45) is 0.529. The zero-order valence-electron chi connectivity index (χ0n) is 18.3. The van der Waals surface area contributed by atoms with Crippen molar-refractivity contribution >= 4 is 23.5 Å². The summed E-state index contributed by atoms with van der Waals surface area (Å²) in [7, 11) is 0. The van der Waals surface area contributed by atoms with Gasteiger partial charge < -0.3 is 9.57 Å². The second-order valence-corrected chi connectivity index (χ2v) is 9.06. The number of nitro groups is 1. The number of ether oxygens (including phenoxy) is 1. The molecule has 10 nitrogen and oxygen atoms in total. The monoisotopic (exact) mass is 433 g/mol. The number of amides is 2. The van der Waals surface area contributed by atoms with Gasteiger partial charge in [-0.1, -0.05) is 0 Å². The molecule has 3 rings (SSSR count). The van der Waals surface area contributed by atoms with Crippen LogP contribution in [0.2, 0.25) is 0 Å². The lowest BCUT2D eigenvalue weighted by molar-refractivity contribution is -0.386. The van der Waals surface area contributed by atoms with Gasteiger partial charge in [-0.25, -0.2) is 4.79 Å². The maximum atomic E-state index is 13.0. The van der Waals surface area contributed by atoms with Crippen LogP contribution < -0.4 is 4.74 Å². The van der Waals surface area contributed by atoms with E-state index in [9.17, 15) is 24.5 Å². The molecule has 0 unspecified atom stereocenters. The van der Waals surface area contributed by atoms with Crippen molar-refractivity contribution in [2.45, 2.75) is 59.6 Å². The standard InChI is InChI=1S/C21H27N3O7/c1-12(2)30-17-11-15-14(10-16(17)24(28)29)18(25)23(19(15)26)13-6-8-22(9-7-13)31-20(27)21(3,4)5/h10-13H,6-9H2,1-5H3. The summed E-state index contributed by atoms with van der Waals surface area (Å²) in [5.74, 6) is -1.43. The van der Waals surface area contributed by atoms with E-state index < -0.39 is 22.2 Å². The van der Waals surface area contributed by atoms with Crippen LogP contribution in [0.1, 0.15) is 68.2 Å². The van der Waals surface area contributed by atoms with Crippen LogP contribution >= 0.6 is 0 Å². The smallest absolute Gasteiger partial charge is 0.330 e. The Kier molecular flexibility index (Phi) is 6.04. The number of carbonyl (C=O) groups excluding carboxylic acids is 3. The topological polar surface area (TPSA) is 119 Å². The van der Waals surface area contributed by atoms with Crippen molar-refractivity contribution < 1.29 is 28.9 Å². The fourth-order valence-electron chi connectivity index (χ4n) is 3.54. The third kappa shape index (κ3) is 4.53. The van der Waals surface area contributed by atoms with Gasteiger partial charge in [0.25, 0.3) is 11.8 Å². The molecule has 10 heteroatoms. The lowest BCUT2D eigenvalue weighted by Gasteiger charge is -2.35. The molecule has 2 aliphatic heterocycles. The van der Waals surface area contributed by atoms with E-state index in [0.29, 0.717) is 25.9 Å². The van der Waals surface area contributed by atoms with Gasteiger partial charge in [-0.15, -0.1) is 5.06 Å². The molecular formula is C21H27N3O7. The van der Waals surface area contributed by atoms with Gasteiger partial charge >= 0.3 is 11.7 Å². The van der Waals surface area contributed by atoms with Crippen LogP contribution in [-0.2, 0) is 9.63 Å². The van der Waals surface area contributed by atoms with Crippen LogP contribution in [0.5, 0.6) is 5.75 Å². The Morgan fingerprint density at radius 3 is 2.16 bits per heavy atom. The van der Waals surface area contributed by atoms with E-state index in [-0.39, 0.29) is 40.7 Å². The van der Waals surface area contributed by atoms with Crippen LogP contribution in [0.4, 0.5) is 5.69 Å². The van der Waals surface area contributed by atoms with Crippen molar-refractivity contribution in [1.82, 2.24) is 9.96 Å². The summed E-state index contributed by atoms with van der Waals surface area (Å²) < 4.78 is 5.50. The van der Waals surface area contributed by atoms with Gasteiger partial charge in [-0.3, -0.25) is 24.6 Å². The highest BCUT2D eigenvalue weighted by molar-refractivity contribution is 6.22. The molecule has 0 saturated carbocycles. The number of hydrogen-bond donors (Lipinski definition) is 0. The van der Waals surface area contributed by atoms with Crippen LogP contribution in [0.3, 0.4) is 0 Å². The van der Waals surface area contributed by atoms with Crippen LogP contribution in [0, 0.1) is 15.5 Å². The first-order valence-corrected chi connectivity index (χ1v) is 10.2. The summed E-state index contributed by atoms with van der Waals surface area (Å²) in [6, 6.07) is 2.02. The van der Waals surface area contributed by atoms with Gasteiger partial charge in [0.2, 0.25) is 0 Å². The van der Waals surface area contributed by atoms with Crippen molar-refractivity contribution in [3.63, 3.8) is 0 Å². The fourth-order valence-corrected chi connectivity index (χ4v) is 3.54. The van der Waals surface area contributed by atoms with E-state index in [4.69, 9.17) is 9.57 Å². The van der Waals surface area contributed by atoms with E-state index in [1.54, 1.807) is 39.7 Å². The minimum Gasteiger partial charge on any atom is -0.484 e. The predicted octanol–water partition coefficient (Wildman–Crippen LogP) is 2.95. The van der Waals surface area contributed by atoms with Gasteiger partial charge in [-0.2, -0.15) is 0 Å². The Balaban J connectivity index is 1.77. The second kappa shape index (κ2) is 8.26. The largest absolute Gasteiger partial charge is 0.484 e. The molecule has 31 heavy (non-hydrogen) atoms. The highest BCUT2D eigenvalue weighted by atomic mass is 16.7. The number of fused-ring (bicyclic) bond motifs is 1. The average Bonchev–Trinajstić information content (AvgIpc) is 2.90. The first-order valence-electron chi connectivity index (χ1n) is 10.2. The second-order valence-electron chi connectivity index (χ2n) is 9.06. The Labute approximate surface area is 180 Å². The molecule has 0 spiro atoms. The van der Waals surface area contributed by atoms with Crippen molar-refractivity contribution in [1.29, 1.82) is 0 Å². The zero-order valence-corrected chi connectivity index (χ0v) is 18.3. The first-order chi connectivity index (χ1) is 14.4. The molecule has 0 bridgehead atoms. The van der Waals surface area contributed by atoms with Crippen molar-refractivity contribution in [3.05, 3.63) is 33.4 Å². The molecule has 2 amide bonds. The van der Waals surface area contributed by atoms with Gasteiger partial charge in [0.15, 0.2) is 5.75 Å². The number of rotatable bonds is 5. The summed E-state index contributed by atoms with van der Waals surface area (Å²) in [5, 5.41) is 13.0. The fraction of sp³-hybridized carbons (Fsp3) is 0.571. The molecule has 1 aromatic rings. The van der Waals surface area contributed by atoms with Gasteiger partial charge in [-0.05, 0) is 47.5 Å². The number of hydroxylamine groups is 2. The Morgan fingerprint density at radius 1 is 1.13 bits per heavy atom. The third-order valence-electron chi connectivity index (χ3n) is 5.17. The molecular weight excluding hydrogens is 406 g/mol. The summed E-state index contributed by atoms with van der Waals surface area (Å²) >= 11 is 0. The molecule has 1 fully saturated rings. The number of nitrogens with zero attached hydrogens (tertiary/aromatic N) is 3. The molecule has 168 valence electrons. The zero-order chi connectivity index (χ0) is 23.1. The number of hydrogen-bond acceptors (Lipinski definition) is 8. The van der Waals surface area contributed by atoms with Gasteiger partial charge in [0.1, 0.15) is 0 Å². The summed E-state index contributed by atoms with van der Waals surface area (Å²) in [4.78, 5) is 55.4. The lowest BCUT2D eigenvalue weighted by Crippen LogP contribution is -2.48. The third-order valence-corrected chi connectivity index (χ3v) is 5.17. The molecule has 0 radical (unpaired) electrons. The number of piperidine rings is 1. The van der Waals surface area contributed by atoms with E-state index in [1.807, 2.05) is 0 Å².